The molecule has 0 bridgehead atoms. The zero-order valence-corrected chi connectivity index (χ0v) is 19.8. The molecule has 0 spiro atoms. The first-order valence-electron chi connectivity index (χ1n) is 11.4. The maximum atomic E-state index is 2.29. The SMILES string of the molecule is CCC(C)c1ccc(C[N+](C)(C)c2ccccc2)cc1.CCC(C)c1ccccc1. The van der Waals surface area contributed by atoms with E-state index in [0.29, 0.717) is 11.8 Å². The predicted octanol–water partition coefficient (Wildman–Crippen LogP) is 8.17. The summed E-state index contributed by atoms with van der Waals surface area (Å²) in [6.45, 7) is 10.0. The first-order valence-corrected chi connectivity index (χ1v) is 11.4. The molecule has 0 aliphatic rings. The lowest BCUT2D eigenvalue weighted by Gasteiger charge is -2.29. The van der Waals surface area contributed by atoms with Gasteiger partial charge in [-0.25, -0.2) is 0 Å². The maximum absolute atomic E-state index is 2.29. The van der Waals surface area contributed by atoms with E-state index in [2.05, 4.69) is 127 Å². The van der Waals surface area contributed by atoms with Gasteiger partial charge in [-0.1, -0.05) is 100 Å². The second-order valence-corrected chi connectivity index (χ2v) is 8.95. The van der Waals surface area contributed by atoms with Crippen LogP contribution in [0.3, 0.4) is 0 Å². The molecule has 0 fully saturated rings. The van der Waals surface area contributed by atoms with Gasteiger partial charge in [0.2, 0.25) is 0 Å². The highest BCUT2D eigenvalue weighted by Gasteiger charge is 2.19. The fraction of sp³-hybridized carbons (Fsp3) is 0.379. The molecule has 0 radical (unpaired) electrons. The lowest BCUT2D eigenvalue weighted by molar-refractivity contribution is 0.392. The van der Waals surface area contributed by atoms with E-state index in [1.54, 1.807) is 0 Å². The summed E-state index contributed by atoms with van der Waals surface area (Å²) in [6, 6.07) is 30.5. The van der Waals surface area contributed by atoms with E-state index in [1.807, 2.05) is 0 Å². The van der Waals surface area contributed by atoms with Crippen LogP contribution < -0.4 is 4.48 Å². The van der Waals surface area contributed by atoms with E-state index >= 15 is 0 Å². The van der Waals surface area contributed by atoms with Crippen LogP contribution in [0, 0.1) is 0 Å². The highest BCUT2D eigenvalue weighted by Crippen LogP contribution is 2.23. The Morgan fingerprint density at radius 3 is 1.50 bits per heavy atom. The molecule has 160 valence electrons. The molecule has 3 rings (SSSR count). The molecular formula is C29H40N+. The first kappa shape index (κ1) is 23.9. The predicted molar refractivity (Wildman–Crippen MR) is 134 cm³/mol. The Morgan fingerprint density at radius 1 is 0.600 bits per heavy atom. The van der Waals surface area contributed by atoms with Gasteiger partial charge in [0.15, 0.2) is 0 Å². The molecule has 0 aromatic heterocycles. The Hall–Kier alpha value is -2.38. The fourth-order valence-electron chi connectivity index (χ4n) is 3.58. The molecule has 1 heteroatoms. The molecule has 0 heterocycles. The van der Waals surface area contributed by atoms with Crippen LogP contribution in [-0.2, 0) is 6.54 Å². The molecule has 1 nitrogen and oxygen atoms in total. The van der Waals surface area contributed by atoms with Gasteiger partial charge < -0.3 is 0 Å². The van der Waals surface area contributed by atoms with Crippen molar-refractivity contribution in [2.45, 2.75) is 58.9 Å². The number of hydrogen-bond donors (Lipinski definition) is 0. The minimum Gasteiger partial charge on any atom is -0.292 e. The lowest BCUT2D eigenvalue weighted by atomic mass is 9.97. The number of rotatable bonds is 7. The van der Waals surface area contributed by atoms with Crippen LogP contribution in [0.5, 0.6) is 0 Å². The van der Waals surface area contributed by atoms with Crippen LogP contribution in [0.2, 0.25) is 0 Å². The molecule has 0 aliphatic heterocycles. The van der Waals surface area contributed by atoms with Gasteiger partial charge in [-0.2, -0.15) is 0 Å². The van der Waals surface area contributed by atoms with Crippen LogP contribution in [0.4, 0.5) is 5.69 Å². The Bertz CT molecular complexity index is 835. The third-order valence-corrected chi connectivity index (χ3v) is 6.18. The number of nitrogens with zero attached hydrogens (tertiary/aromatic N) is 1. The molecule has 30 heavy (non-hydrogen) atoms. The zero-order chi connectivity index (χ0) is 22.0. The Balaban J connectivity index is 0.000000269. The van der Waals surface area contributed by atoms with E-state index < -0.39 is 0 Å². The van der Waals surface area contributed by atoms with Crippen molar-refractivity contribution >= 4 is 5.69 Å². The Kier molecular flexibility index (Phi) is 9.33. The van der Waals surface area contributed by atoms with Gasteiger partial charge in [-0.05, 0) is 47.9 Å². The fourth-order valence-corrected chi connectivity index (χ4v) is 3.58. The van der Waals surface area contributed by atoms with Crippen molar-refractivity contribution in [2.75, 3.05) is 14.1 Å². The standard InChI is InChI=1S/C19H26N.C10H14/c1-5-16(2)18-13-11-17(12-14-18)15-20(3,4)19-9-7-6-8-10-19;1-3-9(2)10-7-5-4-6-8-10/h6-14,16H,5,15H2,1-4H3;4-9H,3H2,1-2H3/q+1;. The number of quaternary nitrogens is 1. The minimum absolute atomic E-state index is 0.653. The highest BCUT2D eigenvalue weighted by atomic mass is 15.3. The Morgan fingerprint density at radius 2 is 1.03 bits per heavy atom. The normalized spacial score (nSPS) is 13.1. The van der Waals surface area contributed by atoms with E-state index in [9.17, 15) is 0 Å². The van der Waals surface area contributed by atoms with Crippen molar-refractivity contribution in [3.05, 3.63) is 102 Å². The third kappa shape index (κ3) is 7.15. The average molecular weight is 403 g/mol. The molecule has 0 saturated heterocycles. The van der Waals surface area contributed by atoms with Crippen molar-refractivity contribution < 1.29 is 0 Å². The molecule has 0 aliphatic carbocycles. The summed E-state index contributed by atoms with van der Waals surface area (Å²) in [5, 5.41) is 0. The van der Waals surface area contributed by atoms with Crippen molar-refractivity contribution in [1.29, 1.82) is 0 Å². The van der Waals surface area contributed by atoms with Crippen LogP contribution in [0.25, 0.3) is 0 Å². The largest absolute Gasteiger partial charge is 0.292 e. The minimum atomic E-state index is 0.653. The van der Waals surface area contributed by atoms with Gasteiger partial charge in [0.1, 0.15) is 12.2 Å². The molecule has 2 unspecified atom stereocenters. The molecule has 3 aromatic rings. The Labute approximate surface area is 185 Å². The first-order chi connectivity index (χ1) is 14.4. The maximum Gasteiger partial charge on any atom is 0.132 e. The van der Waals surface area contributed by atoms with Crippen molar-refractivity contribution in [1.82, 2.24) is 4.48 Å². The zero-order valence-electron chi connectivity index (χ0n) is 19.8. The molecule has 0 N–H and O–H groups in total. The summed E-state index contributed by atoms with van der Waals surface area (Å²) in [6.07, 6.45) is 2.43. The van der Waals surface area contributed by atoms with E-state index in [4.69, 9.17) is 0 Å². The monoisotopic (exact) mass is 402 g/mol. The second kappa shape index (κ2) is 11.7. The third-order valence-electron chi connectivity index (χ3n) is 6.18. The van der Waals surface area contributed by atoms with Crippen molar-refractivity contribution in [3.8, 4) is 0 Å². The number of hydrogen-bond acceptors (Lipinski definition) is 0. The molecular weight excluding hydrogens is 362 g/mol. The van der Waals surface area contributed by atoms with Crippen LogP contribution in [0.1, 0.15) is 69.1 Å². The topological polar surface area (TPSA) is 0 Å². The van der Waals surface area contributed by atoms with Crippen LogP contribution in [0.15, 0.2) is 84.9 Å². The highest BCUT2D eigenvalue weighted by molar-refractivity contribution is 5.42. The molecule has 0 saturated carbocycles. The summed E-state index contributed by atoms with van der Waals surface area (Å²) in [5.74, 6) is 1.36. The summed E-state index contributed by atoms with van der Waals surface area (Å²) in [4.78, 5) is 0. The second-order valence-electron chi connectivity index (χ2n) is 8.95. The number of para-hydroxylation sites is 1. The quantitative estimate of drug-likeness (QED) is 0.350. The number of benzene rings is 3. The van der Waals surface area contributed by atoms with Crippen LogP contribution >= 0.6 is 0 Å². The van der Waals surface area contributed by atoms with Gasteiger partial charge in [0, 0.05) is 5.56 Å². The van der Waals surface area contributed by atoms with Gasteiger partial charge in [0.25, 0.3) is 0 Å². The summed E-state index contributed by atoms with van der Waals surface area (Å²) in [7, 11) is 4.52. The van der Waals surface area contributed by atoms with E-state index in [0.717, 1.165) is 11.0 Å². The summed E-state index contributed by atoms with van der Waals surface area (Å²) >= 11 is 0. The lowest BCUT2D eigenvalue weighted by Crippen LogP contribution is -2.39. The van der Waals surface area contributed by atoms with Gasteiger partial charge in [-0.15, -0.1) is 0 Å². The van der Waals surface area contributed by atoms with Crippen molar-refractivity contribution in [3.63, 3.8) is 0 Å². The van der Waals surface area contributed by atoms with Gasteiger partial charge in [0.05, 0.1) is 14.1 Å². The molecule has 0 amide bonds. The van der Waals surface area contributed by atoms with E-state index in [-0.39, 0.29) is 0 Å². The summed E-state index contributed by atoms with van der Waals surface area (Å²) in [5.41, 5.74) is 5.63. The molecule has 3 aromatic carbocycles. The van der Waals surface area contributed by atoms with Crippen molar-refractivity contribution in [2.24, 2.45) is 0 Å². The van der Waals surface area contributed by atoms with Crippen LogP contribution in [-0.4, -0.2) is 14.1 Å². The smallest absolute Gasteiger partial charge is 0.132 e. The summed E-state index contributed by atoms with van der Waals surface area (Å²) < 4.78 is 0.878. The average Bonchev–Trinajstić information content (AvgIpc) is 2.80. The van der Waals surface area contributed by atoms with Gasteiger partial charge in [-0.3, -0.25) is 4.48 Å². The van der Waals surface area contributed by atoms with Gasteiger partial charge >= 0.3 is 0 Å². The molecule has 2 atom stereocenters. The van der Waals surface area contributed by atoms with E-state index in [1.165, 1.54) is 35.2 Å².